The first-order valence-corrected chi connectivity index (χ1v) is 7.10. The molecule has 23 heavy (non-hydrogen) atoms. The highest BCUT2D eigenvalue weighted by Crippen LogP contribution is 2.47. The molecule has 0 radical (unpaired) electrons. The second-order valence-electron chi connectivity index (χ2n) is 5.35. The van der Waals surface area contributed by atoms with Crippen LogP contribution in [-0.4, -0.2) is 36.2 Å². The number of amides is 1. The van der Waals surface area contributed by atoms with Crippen molar-refractivity contribution in [2.24, 2.45) is 5.92 Å². The molecule has 7 heteroatoms. The maximum Gasteiger partial charge on any atom is 0.328 e. The summed E-state index contributed by atoms with van der Waals surface area (Å²) in [6.07, 6.45) is 1.94. The van der Waals surface area contributed by atoms with Crippen molar-refractivity contribution < 1.29 is 28.2 Å². The Hall–Kier alpha value is -2.28. The number of aliphatic carboxylic acids is 1. The van der Waals surface area contributed by atoms with Crippen molar-refractivity contribution in [2.45, 2.75) is 18.4 Å². The zero-order valence-electron chi connectivity index (χ0n) is 12.3. The highest BCUT2D eigenvalue weighted by molar-refractivity contribution is 5.87. The molecule has 0 heterocycles. The van der Waals surface area contributed by atoms with Crippen molar-refractivity contribution in [3.05, 3.63) is 48.1 Å². The summed E-state index contributed by atoms with van der Waals surface area (Å²) >= 11 is 0. The molecule has 0 aliphatic heterocycles. The van der Waals surface area contributed by atoms with Crippen LogP contribution in [0.25, 0.3) is 0 Å². The van der Waals surface area contributed by atoms with Crippen molar-refractivity contribution in [3.63, 3.8) is 0 Å². The Labute approximate surface area is 131 Å². The van der Waals surface area contributed by atoms with Gasteiger partial charge in [-0.1, -0.05) is 12.1 Å². The molecule has 3 unspecified atom stereocenters. The van der Waals surface area contributed by atoms with Crippen LogP contribution in [-0.2, 0) is 14.3 Å². The molecule has 1 aromatic rings. The topological polar surface area (TPSA) is 75.6 Å². The van der Waals surface area contributed by atoms with Crippen LogP contribution in [0.4, 0.5) is 8.78 Å². The molecule has 5 nitrogen and oxygen atoms in total. The molecule has 0 spiro atoms. The van der Waals surface area contributed by atoms with E-state index >= 15 is 0 Å². The number of carboxylic acid groups (broad SMARTS) is 1. The van der Waals surface area contributed by atoms with Gasteiger partial charge in [0.05, 0.1) is 13.2 Å². The fraction of sp³-hybridized carbons (Fsp3) is 0.375. The molecule has 124 valence electrons. The fourth-order valence-electron chi connectivity index (χ4n) is 2.32. The number of ether oxygens (including phenoxy) is 1. The molecule has 2 N–H and O–H groups in total. The molecule has 0 saturated heterocycles. The van der Waals surface area contributed by atoms with Gasteiger partial charge in [-0.05, 0) is 30.0 Å². The number of carboxylic acids is 1. The summed E-state index contributed by atoms with van der Waals surface area (Å²) in [6, 6.07) is 2.35. The van der Waals surface area contributed by atoms with E-state index in [9.17, 15) is 18.4 Å². The molecule has 1 aliphatic rings. The summed E-state index contributed by atoms with van der Waals surface area (Å²) in [7, 11) is 0. The van der Waals surface area contributed by atoms with Gasteiger partial charge in [-0.3, -0.25) is 4.79 Å². The number of halogens is 2. The van der Waals surface area contributed by atoms with Gasteiger partial charge < -0.3 is 15.2 Å². The summed E-state index contributed by atoms with van der Waals surface area (Å²) < 4.78 is 31.2. The minimum atomic E-state index is -1.20. The molecule has 1 aliphatic carbocycles. The summed E-state index contributed by atoms with van der Waals surface area (Å²) in [6.45, 7) is 3.45. The first-order chi connectivity index (χ1) is 10.9. The third-order valence-corrected chi connectivity index (χ3v) is 3.63. The van der Waals surface area contributed by atoms with Crippen LogP contribution in [0.15, 0.2) is 30.9 Å². The lowest BCUT2D eigenvalue weighted by Crippen LogP contribution is -2.44. The number of hydrogen-bond donors (Lipinski definition) is 2. The molecule has 1 amide bonds. The molecule has 0 aromatic heterocycles. The van der Waals surface area contributed by atoms with Gasteiger partial charge in [0.15, 0.2) is 17.7 Å². The molecular formula is C16H17F2NO4. The number of rotatable bonds is 8. The average Bonchev–Trinajstić information content (AvgIpc) is 3.29. The summed E-state index contributed by atoms with van der Waals surface area (Å²) in [4.78, 5) is 23.2. The van der Waals surface area contributed by atoms with E-state index in [0.29, 0.717) is 12.0 Å². The Bertz CT molecular complexity index is 620. The van der Waals surface area contributed by atoms with Gasteiger partial charge in [-0.2, -0.15) is 0 Å². The van der Waals surface area contributed by atoms with E-state index in [1.807, 2.05) is 0 Å². The molecule has 1 aromatic carbocycles. The van der Waals surface area contributed by atoms with Crippen molar-refractivity contribution >= 4 is 11.9 Å². The van der Waals surface area contributed by atoms with Gasteiger partial charge in [0.2, 0.25) is 5.91 Å². The van der Waals surface area contributed by atoms with Crippen LogP contribution < -0.4 is 5.32 Å². The van der Waals surface area contributed by atoms with Crippen LogP contribution in [0.1, 0.15) is 17.9 Å². The number of benzene rings is 1. The van der Waals surface area contributed by atoms with Crippen LogP contribution in [0.2, 0.25) is 0 Å². The second-order valence-corrected chi connectivity index (χ2v) is 5.35. The van der Waals surface area contributed by atoms with Gasteiger partial charge in [0.1, 0.15) is 0 Å². The number of carbonyl (C=O) groups is 2. The lowest BCUT2D eigenvalue weighted by Gasteiger charge is -2.14. The summed E-state index contributed by atoms with van der Waals surface area (Å²) in [5.74, 6) is -4.22. The van der Waals surface area contributed by atoms with Crippen molar-refractivity contribution in [1.29, 1.82) is 0 Å². The van der Waals surface area contributed by atoms with Gasteiger partial charge in [0, 0.05) is 5.92 Å². The Kier molecular flexibility index (Phi) is 5.44. The Morgan fingerprint density at radius 3 is 2.78 bits per heavy atom. The number of carbonyl (C=O) groups excluding carboxylic acids is 1. The summed E-state index contributed by atoms with van der Waals surface area (Å²) in [5.41, 5.74) is 0.527. The quantitative estimate of drug-likeness (QED) is 0.565. The van der Waals surface area contributed by atoms with Crippen LogP contribution in [0.3, 0.4) is 0 Å². The average molecular weight is 325 g/mol. The first kappa shape index (κ1) is 17.1. The van der Waals surface area contributed by atoms with E-state index in [2.05, 4.69) is 11.9 Å². The number of nitrogens with one attached hydrogen (secondary N) is 1. The molecule has 2 rings (SSSR count). The monoisotopic (exact) mass is 325 g/mol. The highest BCUT2D eigenvalue weighted by Gasteiger charge is 2.45. The second kappa shape index (κ2) is 7.32. The first-order valence-electron chi connectivity index (χ1n) is 7.10. The third-order valence-electron chi connectivity index (χ3n) is 3.63. The van der Waals surface area contributed by atoms with E-state index in [-0.39, 0.29) is 19.1 Å². The normalized spacial score (nSPS) is 20.6. The lowest BCUT2D eigenvalue weighted by molar-refractivity contribution is -0.143. The maximum absolute atomic E-state index is 13.2. The van der Waals surface area contributed by atoms with Gasteiger partial charge >= 0.3 is 5.97 Å². The minimum Gasteiger partial charge on any atom is -0.480 e. The van der Waals surface area contributed by atoms with E-state index in [0.717, 1.165) is 12.1 Å². The smallest absolute Gasteiger partial charge is 0.328 e. The Morgan fingerprint density at radius 2 is 2.17 bits per heavy atom. The molecule has 0 bridgehead atoms. The zero-order chi connectivity index (χ0) is 17.0. The maximum atomic E-state index is 13.2. The molecular weight excluding hydrogens is 308 g/mol. The van der Waals surface area contributed by atoms with Crippen LogP contribution in [0, 0.1) is 17.6 Å². The van der Waals surface area contributed by atoms with Crippen molar-refractivity contribution in [3.8, 4) is 0 Å². The Morgan fingerprint density at radius 1 is 1.43 bits per heavy atom. The predicted octanol–water partition coefficient (Wildman–Crippen LogP) is 1.84. The van der Waals surface area contributed by atoms with Gasteiger partial charge in [0.25, 0.3) is 0 Å². The van der Waals surface area contributed by atoms with Crippen LogP contribution >= 0.6 is 0 Å². The lowest BCUT2D eigenvalue weighted by atomic mass is 10.1. The minimum absolute atomic E-state index is 0.171. The van der Waals surface area contributed by atoms with E-state index < -0.39 is 35.5 Å². The highest BCUT2D eigenvalue weighted by atomic mass is 19.2. The summed E-state index contributed by atoms with van der Waals surface area (Å²) in [5, 5.41) is 11.5. The molecule has 1 saturated carbocycles. The SMILES string of the molecule is C=CCOCC(NC(=O)C1CC1c1ccc(F)c(F)c1)C(=O)O. The van der Waals surface area contributed by atoms with Gasteiger partial charge in [-0.15, -0.1) is 6.58 Å². The molecule has 1 fully saturated rings. The number of hydrogen-bond acceptors (Lipinski definition) is 3. The van der Waals surface area contributed by atoms with E-state index in [1.165, 1.54) is 12.1 Å². The van der Waals surface area contributed by atoms with Crippen molar-refractivity contribution in [1.82, 2.24) is 5.32 Å². The standard InChI is InChI=1S/C16H17F2NO4/c1-2-5-23-8-14(16(21)22)19-15(20)11-7-10(11)9-3-4-12(17)13(18)6-9/h2-4,6,10-11,14H,1,5,7-8H2,(H,19,20)(H,21,22). The fourth-order valence-corrected chi connectivity index (χ4v) is 2.32. The third kappa shape index (κ3) is 4.35. The van der Waals surface area contributed by atoms with Crippen LogP contribution in [0.5, 0.6) is 0 Å². The Balaban J connectivity index is 1.92. The van der Waals surface area contributed by atoms with E-state index in [4.69, 9.17) is 9.84 Å². The van der Waals surface area contributed by atoms with Crippen molar-refractivity contribution in [2.75, 3.05) is 13.2 Å². The molecule has 3 atom stereocenters. The van der Waals surface area contributed by atoms with Gasteiger partial charge in [-0.25, -0.2) is 13.6 Å². The zero-order valence-corrected chi connectivity index (χ0v) is 12.3. The predicted molar refractivity (Wildman–Crippen MR) is 77.8 cm³/mol. The van der Waals surface area contributed by atoms with E-state index in [1.54, 1.807) is 0 Å². The largest absolute Gasteiger partial charge is 0.480 e.